The normalized spacial score (nSPS) is 11.8. The fraction of sp³-hybridized carbons (Fsp3) is 0.472. The highest BCUT2D eigenvalue weighted by atomic mass is 16.6. The SMILES string of the molecule is C=CC(=O)OCCCc1cc2c(OCCCC)c(c1)Cc1cc(CCCOC(=O)/C=C\C(=O)OC)cc(c1OCCCC)Cc1cc(CCCOC(=O)C=C)cc(c1OCCCC)Cc1cc(CCCOC(=O)/C=C\C(=O)OC)cc(c1OCCCC)C2. The van der Waals surface area contributed by atoms with Crippen LogP contribution in [-0.2, 0) is 109 Å². The molecule has 1 aliphatic rings. The van der Waals surface area contributed by atoms with Crippen LogP contribution in [0.25, 0.3) is 0 Å². The quantitative estimate of drug-likeness (QED) is 0.0157. The molecule has 0 saturated carbocycles. The van der Waals surface area contributed by atoms with Crippen molar-refractivity contribution in [1.29, 1.82) is 0 Å². The van der Waals surface area contributed by atoms with Crippen LogP contribution in [0, 0.1) is 0 Å². The minimum absolute atomic E-state index is 0.102. The zero-order valence-corrected chi connectivity index (χ0v) is 52.8. The summed E-state index contributed by atoms with van der Waals surface area (Å²) in [6.07, 6.45) is 19.4. The number of esters is 6. The number of aryl methyl sites for hydroxylation is 4. The molecule has 0 radical (unpaired) electrons. The summed E-state index contributed by atoms with van der Waals surface area (Å²) in [5.41, 5.74) is 11.6. The molecule has 4 aromatic carbocycles. The summed E-state index contributed by atoms with van der Waals surface area (Å²) in [5.74, 6) is -0.528. The van der Waals surface area contributed by atoms with Crippen molar-refractivity contribution in [3.8, 4) is 23.0 Å². The van der Waals surface area contributed by atoms with Crippen LogP contribution in [0.1, 0.15) is 172 Å². The van der Waals surface area contributed by atoms with E-state index in [2.05, 4.69) is 98.9 Å². The number of hydrogen-bond acceptors (Lipinski definition) is 16. The first-order valence-corrected chi connectivity index (χ1v) is 31.3. The van der Waals surface area contributed by atoms with Crippen molar-refractivity contribution in [2.75, 3.05) is 67.1 Å². The molecule has 0 aromatic heterocycles. The van der Waals surface area contributed by atoms with E-state index in [0.29, 0.717) is 103 Å². The number of unbranched alkanes of at least 4 members (excludes halogenated alkanes) is 4. The molecule has 5 rings (SSSR count). The van der Waals surface area contributed by atoms with Crippen LogP contribution >= 0.6 is 0 Å². The van der Waals surface area contributed by atoms with Crippen molar-refractivity contribution in [1.82, 2.24) is 0 Å². The van der Waals surface area contributed by atoms with Crippen molar-refractivity contribution in [3.05, 3.63) is 165 Å². The smallest absolute Gasteiger partial charge is 0.331 e. The first-order valence-electron chi connectivity index (χ1n) is 31.3. The molecule has 88 heavy (non-hydrogen) atoms. The van der Waals surface area contributed by atoms with Crippen LogP contribution in [0.5, 0.6) is 23.0 Å². The Morgan fingerprint density at radius 3 is 0.750 bits per heavy atom. The molecule has 476 valence electrons. The Kier molecular flexibility index (Phi) is 31.8. The number of fused-ring (bicyclic) bond motifs is 8. The second kappa shape index (κ2) is 39.6. The Morgan fingerprint density at radius 1 is 0.330 bits per heavy atom. The molecule has 0 heterocycles. The van der Waals surface area contributed by atoms with E-state index in [0.717, 1.165) is 165 Å². The van der Waals surface area contributed by atoms with E-state index in [-0.39, 0.29) is 26.4 Å². The molecule has 0 saturated heterocycles. The third kappa shape index (κ3) is 24.2. The lowest BCUT2D eigenvalue weighted by Gasteiger charge is -2.25. The summed E-state index contributed by atoms with van der Waals surface area (Å²) >= 11 is 0. The van der Waals surface area contributed by atoms with Crippen LogP contribution in [0.3, 0.4) is 0 Å². The van der Waals surface area contributed by atoms with Gasteiger partial charge in [0, 0.05) is 62.1 Å². The third-order valence-electron chi connectivity index (χ3n) is 14.6. The Balaban J connectivity index is 1.86. The van der Waals surface area contributed by atoms with E-state index < -0.39 is 35.8 Å². The third-order valence-corrected chi connectivity index (χ3v) is 14.6. The van der Waals surface area contributed by atoms with Gasteiger partial charge in [-0.2, -0.15) is 0 Å². The lowest BCUT2D eigenvalue weighted by atomic mass is 9.87. The van der Waals surface area contributed by atoms with Gasteiger partial charge in [0.15, 0.2) is 0 Å². The molecule has 8 bridgehead atoms. The molecule has 0 aliphatic heterocycles. The maximum atomic E-state index is 12.7. The molecule has 16 nitrogen and oxygen atoms in total. The fourth-order valence-corrected chi connectivity index (χ4v) is 10.2. The van der Waals surface area contributed by atoms with Gasteiger partial charge in [0.2, 0.25) is 0 Å². The second-order valence-corrected chi connectivity index (χ2v) is 21.7. The van der Waals surface area contributed by atoms with Crippen LogP contribution in [0.15, 0.2) is 98.1 Å². The van der Waals surface area contributed by atoms with Crippen molar-refractivity contribution < 1.29 is 76.1 Å². The van der Waals surface area contributed by atoms with Gasteiger partial charge in [0.25, 0.3) is 0 Å². The highest BCUT2D eigenvalue weighted by Crippen LogP contribution is 2.42. The van der Waals surface area contributed by atoms with Gasteiger partial charge >= 0.3 is 35.8 Å². The van der Waals surface area contributed by atoms with E-state index in [9.17, 15) is 28.8 Å². The van der Waals surface area contributed by atoms with Gasteiger partial charge in [-0.1, -0.05) is 115 Å². The van der Waals surface area contributed by atoms with E-state index in [1.807, 2.05) is 0 Å². The van der Waals surface area contributed by atoms with Gasteiger partial charge < -0.3 is 47.4 Å². The van der Waals surface area contributed by atoms with E-state index in [1.54, 1.807) is 0 Å². The first kappa shape index (κ1) is 70.6. The molecule has 1 aliphatic carbocycles. The molecular formula is C72H92O16. The predicted octanol–water partition coefficient (Wildman–Crippen LogP) is 12.8. The summed E-state index contributed by atoms with van der Waals surface area (Å²) < 4.78 is 59.5. The van der Waals surface area contributed by atoms with Gasteiger partial charge in [-0.25, -0.2) is 28.8 Å². The molecule has 0 N–H and O–H groups in total. The average Bonchev–Trinajstić information content (AvgIpc) is 1.46. The molecule has 16 heteroatoms. The van der Waals surface area contributed by atoms with Crippen molar-refractivity contribution in [2.24, 2.45) is 0 Å². The minimum atomic E-state index is -0.658. The zero-order valence-electron chi connectivity index (χ0n) is 52.8. The van der Waals surface area contributed by atoms with Gasteiger partial charge in [0.05, 0.1) is 67.1 Å². The van der Waals surface area contributed by atoms with Crippen molar-refractivity contribution in [2.45, 2.75) is 156 Å². The number of methoxy groups -OCH3 is 2. The van der Waals surface area contributed by atoms with E-state index in [1.165, 1.54) is 26.4 Å². The molecule has 0 atom stereocenters. The van der Waals surface area contributed by atoms with Gasteiger partial charge in [-0.15, -0.1) is 0 Å². The Labute approximate surface area is 520 Å². The maximum absolute atomic E-state index is 12.7. The maximum Gasteiger partial charge on any atom is 0.331 e. The Morgan fingerprint density at radius 2 is 0.545 bits per heavy atom. The van der Waals surface area contributed by atoms with Gasteiger partial charge in [0.1, 0.15) is 23.0 Å². The van der Waals surface area contributed by atoms with E-state index in [4.69, 9.17) is 37.9 Å². The average molecular weight is 1210 g/mol. The van der Waals surface area contributed by atoms with Crippen molar-refractivity contribution >= 4 is 35.8 Å². The second-order valence-electron chi connectivity index (χ2n) is 21.7. The number of carbonyl (C=O) groups is 6. The number of rotatable bonds is 38. The highest BCUT2D eigenvalue weighted by molar-refractivity contribution is 5.92. The Hall–Kier alpha value is -8.14. The number of hydrogen-bond donors (Lipinski definition) is 0. The van der Waals surface area contributed by atoms with Crippen LogP contribution in [0.4, 0.5) is 0 Å². The molecular weight excluding hydrogens is 1120 g/mol. The van der Waals surface area contributed by atoms with Gasteiger partial charge in [-0.05, 0) is 144 Å². The standard InChI is InChI=1S/C72H92O16/c1-9-15-31-85-69-55-39-51(23-19-35-81-63(73)13-5)40-56(69)48-60-44-54(26-22-38-84-68(78)30-28-66(76)80-8)46-62(72(60)88-34-18-12-4)50-58-42-52(24-20-36-82-64(74)14-6)41-57(70(58)86-32-16-10-2)49-61-45-53(43-59(47-55)71(61)87-33-17-11-3)25-21-37-83-67(77)29-27-65(75)79-7/h13-14,27-30,39-46H,5-6,9-12,15-26,31-38,47-50H2,1-4,7-8H3/b29-27-,30-28-. The monoisotopic (exact) mass is 1210 g/mol. The predicted molar refractivity (Wildman–Crippen MR) is 338 cm³/mol. The largest absolute Gasteiger partial charge is 0.493 e. The lowest BCUT2D eigenvalue weighted by molar-refractivity contribution is -0.139. The molecule has 0 fully saturated rings. The number of carbonyl (C=O) groups excluding carboxylic acids is 6. The van der Waals surface area contributed by atoms with Crippen LogP contribution < -0.4 is 18.9 Å². The number of benzene rings is 4. The zero-order chi connectivity index (χ0) is 63.5. The fourth-order valence-electron chi connectivity index (χ4n) is 10.2. The van der Waals surface area contributed by atoms with Crippen molar-refractivity contribution in [3.63, 3.8) is 0 Å². The molecule has 0 amide bonds. The minimum Gasteiger partial charge on any atom is -0.493 e. The summed E-state index contributed by atoms with van der Waals surface area (Å²) in [6, 6.07) is 17.6. The lowest BCUT2D eigenvalue weighted by Crippen LogP contribution is -2.12. The summed E-state index contributed by atoms with van der Waals surface area (Å²) in [4.78, 5) is 73.3. The molecule has 0 spiro atoms. The molecule has 0 unspecified atom stereocenters. The topological polar surface area (TPSA) is 195 Å². The summed E-state index contributed by atoms with van der Waals surface area (Å²) in [5, 5.41) is 0. The van der Waals surface area contributed by atoms with Crippen LogP contribution in [-0.4, -0.2) is 103 Å². The Bertz CT molecular complexity index is 2720. The summed E-state index contributed by atoms with van der Waals surface area (Å²) in [6.45, 7) is 18.2. The van der Waals surface area contributed by atoms with Crippen LogP contribution in [0.2, 0.25) is 0 Å². The van der Waals surface area contributed by atoms with E-state index >= 15 is 0 Å². The number of ether oxygens (including phenoxy) is 10. The highest BCUT2D eigenvalue weighted by Gasteiger charge is 2.25. The molecule has 4 aromatic rings. The first-order chi connectivity index (χ1) is 42.8. The summed E-state index contributed by atoms with van der Waals surface area (Å²) in [7, 11) is 2.48. The van der Waals surface area contributed by atoms with Gasteiger partial charge in [-0.3, -0.25) is 0 Å².